The third-order valence-corrected chi connectivity index (χ3v) is 1.57. The molecule has 3 heteroatoms. The molecule has 0 unspecified atom stereocenters. The van der Waals surface area contributed by atoms with Crippen LogP contribution in [-0.4, -0.2) is 30.4 Å². The van der Waals surface area contributed by atoms with E-state index < -0.39 is 0 Å². The van der Waals surface area contributed by atoms with Crippen molar-refractivity contribution in [2.45, 2.75) is 12.6 Å². The fourth-order valence-electron chi connectivity index (χ4n) is 0.374. The molecule has 0 aliphatic rings. The summed E-state index contributed by atoms with van der Waals surface area (Å²) in [5, 5.41) is 11.6. The van der Waals surface area contributed by atoms with Crippen molar-refractivity contribution in [1.82, 2.24) is 5.32 Å². The highest BCUT2D eigenvalue weighted by Crippen LogP contribution is 1.96. The maximum absolute atomic E-state index is 8.86. The molecule has 0 rings (SSSR count). The largest absolute Gasteiger partial charge is 0.379 e. The second-order valence-electron chi connectivity index (χ2n) is 1.59. The SMILES string of the molecule is CN[C@H](O)CCSC. The summed E-state index contributed by atoms with van der Waals surface area (Å²) in [6, 6.07) is 0. The first-order chi connectivity index (χ1) is 3.81. The van der Waals surface area contributed by atoms with E-state index in [2.05, 4.69) is 5.32 Å². The van der Waals surface area contributed by atoms with Crippen molar-refractivity contribution in [3.05, 3.63) is 0 Å². The fourth-order valence-corrected chi connectivity index (χ4v) is 0.833. The zero-order valence-electron chi connectivity index (χ0n) is 5.35. The van der Waals surface area contributed by atoms with Gasteiger partial charge in [-0.2, -0.15) is 11.8 Å². The van der Waals surface area contributed by atoms with Crippen molar-refractivity contribution in [2.75, 3.05) is 19.1 Å². The Balaban J connectivity index is 2.86. The van der Waals surface area contributed by atoms with Crippen LogP contribution in [0.5, 0.6) is 0 Å². The molecule has 1 atom stereocenters. The minimum atomic E-state index is -0.317. The fraction of sp³-hybridized carbons (Fsp3) is 1.00. The molecule has 0 spiro atoms. The summed E-state index contributed by atoms with van der Waals surface area (Å²) in [6.07, 6.45) is 2.54. The molecule has 0 bridgehead atoms. The van der Waals surface area contributed by atoms with Crippen LogP contribution in [0.4, 0.5) is 0 Å². The third kappa shape index (κ3) is 4.43. The van der Waals surface area contributed by atoms with Crippen LogP contribution >= 0.6 is 11.8 Å². The lowest BCUT2D eigenvalue weighted by atomic mass is 10.4. The van der Waals surface area contributed by atoms with Gasteiger partial charge in [-0.3, -0.25) is 5.32 Å². The van der Waals surface area contributed by atoms with Crippen molar-refractivity contribution in [3.8, 4) is 0 Å². The van der Waals surface area contributed by atoms with Crippen LogP contribution in [0.1, 0.15) is 6.42 Å². The second kappa shape index (κ2) is 5.41. The van der Waals surface area contributed by atoms with E-state index in [0.29, 0.717) is 0 Å². The predicted molar refractivity (Wildman–Crippen MR) is 38.1 cm³/mol. The Morgan fingerprint density at radius 3 is 2.75 bits per heavy atom. The van der Waals surface area contributed by atoms with Gasteiger partial charge in [-0.25, -0.2) is 0 Å². The Hall–Kier alpha value is 0.270. The molecule has 50 valence electrons. The van der Waals surface area contributed by atoms with Crippen molar-refractivity contribution in [3.63, 3.8) is 0 Å². The Morgan fingerprint density at radius 2 is 2.38 bits per heavy atom. The highest BCUT2D eigenvalue weighted by molar-refractivity contribution is 7.98. The van der Waals surface area contributed by atoms with E-state index in [1.807, 2.05) is 6.26 Å². The number of rotatable bonds is 4. The summed E-state index contributed by atoms with van der Waals surface area (Å²) in [6.45, 7) is 0. The van der Waals surface area contributed by atoms with Gasteiger partial charge in [0, 0.05) is 0 Å². The van der Waals surface area contributed by atoms with E-state index in [-0.39, 0.29) is 6.23 Å². The number of aliphatic hydroxyl groups is 1. The Bertz CT molecular complexity index is 51.7. The summed E-state index contributed by atoms with van der Waals surface area (Å²) in [5.41, 5.74) is 0. The van der Waals surface area contributed by atoms with Crippen LogP contribution in [0, 0.1) is 0 Å². The lowest BCUT2D eigenvalue weighted by Gasteiger charge is -2.05. The van der Waals surface area contributed by atoms with E-state index in [1.165, 1.54) is 0 Å². The van der Waals surface area contributed by atoms with Gasteiger partial charge in [0.1, 0.15) is 6.23 Å². The maximum atomic E-state index is 8.86. The summed E-state index contributed by atoms with van der Waals surface area (Å²) >= 11 is 1.75. The zero-order valence-corrected chi connectivity index (χ0v) is 6.16. The van der Waals surface area contributed by atoms with Crippen LogP contribution in [0.15, 0.2) is 0 Å². The first-order valence-corrected chi connectivity index (χ1v) is 4.05. The van der Waals surface area contributed by atoms with Crippen molar-refractivity contribution in [2.24, 2.45) is 0 Å². The van der Waals surface area contributed by atoms with Crippen LogP contribution in [0.25, 0.3) is 0 Å². The molecule has 0 fully saturated rings. The molecule has 0 aliphatic carbocycles. The normalized spacial score (nSPS) is 13.9. The minimum absolute atomic E-state index is 0.317. The van der Waals surface area contributed by atoms with Crippen LogP contribution in [0.2, 0.25) is 0 Å². The van der Waals surface area contributed by atoms with Gasteiger partial charge >= 0.3 is 0 Å². The lowest BCUT2D eigenvalue weighted by molar-refractivity contribution is 0.144. The first-order valence-electron chi connectivity index (χ1n) is 2.65. The molecular weight excluding hydrogens is 122 g/mol. The van der Waals surface area contributed by atoms with Crippen LogP contribution < -0.4 is 5.32 Å². The second-order valence-corrected chi connectivity index (χ2v) is 2.57. The Kier molecular flexibility index (Phi) is 5.59. The zero-order chi connectivity index (χ0) is 6.41. The number of hydrogen-bond acceptors (Lipinski definition) is 3. The number of aliphatic hydroxyl groups excluding tert-OH is 1. The predicted octanol–water partition coefficient (Wildman–Crippen LogP) is 0.277. The smallest absolute Gasteiger partial charge is 0.105 e. The monoisotopic (exact) mass is 135 g/mol. The van der Waals surface area contributed by atoms with Gasteiger partial charge in [-0.1, -0.05) is 0 Å². The molecule has 0 amide bonds. The van der Waals surface area contributed by atoms with Gasteiger partial charge in [-0.15, -0.1) is 0 Å². The Morgan fingerprint density at radius 1 is 1.75 bits per heavy atom. The summed E-state index contributed by atoms with van der Waals surface area (Å²) in [4.78, 5) is 0. The summed E-state index contributed by atoms with van der Waals surface area (Å²) in [7, 11) is 1.75. The first kappa shape index (κ1) is 8.27. The molecule has 2 N–H and O–H groups in total. The highest BCUT2D eigenvalue weighted by Gasteiger charge is 1.95. The average Bonchev–Trinajstić information content (AvgIpc) is 1.83. The van der Waals surface area contributed by atoms with E-state index >= 15 is 0 Å². The van der Waals surface area contributed by atoms with Crippen LogP contribution in [-0.2, 0) is 0 Å². The number of nitrogens with one attached hydrogen (secondary N) is 1. The number of thioether (sulfide) groups is 1. The van der Waals surface area contributed by atoms with Crippen molar-refractivity contribution in [1.29, 1.82) is 0 Å². The Labute approximate surface area is 54.7 Å². The van der Waals surface area contributed by atoms with E-state index in [1.54, 1.807) is 18.8 Å². The lowest BCUT2D eigenvalue weighted by Crippen LogP contribution is -2.24. The van der Waals surface area contributed by atoms with Gasteiger partial charge in [0.15, 0.2) is 0 Å². The molecule has 0 aromatic carbocycles. The van der Waals surface area contributed by atoms with Crippen LogP contribution in [0.3, 0.4) is 0 Å². The molecule has 0 radical (unpaired) electrons. The standard InChI is InChI=1S/C5H13NOS/c1-6-5(7)3-4-8-2/h5-7H,3-4H2,1-2H3/t5-/m1/s1. The topological polar surface area (TPSA) is 32.3 Å². The molecule has 0 aromatic heterocycles. The molecular formula is C5H13NOS. The van der Waals surface area contributed by atoms with Gasteiger partial charge in [0.05, 0.1) is 0 Å². The van der Waals surface area contributed by atoms with Crippen molar-refractivity contribution >= 4 is 11.8 Å². The summed E-state index contributed by atoms with van der Waals surface area (Å²) in [5.74, 6) is 1.02. The quantitative estimate of drug-likeness (QED) is 0.543. The van der Waals surface area contributed by atoms with E-state index in [9.17, 15) is 0 Å². The van der Waals surface area contributed by atoms with E-state index in [4.69, 9.17) is 5.11 Å². The molecule has 0 aliphatic heterocycles. The van der Waals surface area contributed by atoms with Gasteiger partial charge < -0.3 is 5.11 Å². The van der Waals surface area contributed by atoms with Gasteiger partial charge in [0.25, 0.3) is 0 Å². The molecule has 0 aromatic rings. The third-order valence-electron chi connectivity index (χ3n) is 0.929. The molecule has 0 saturated heterocycles. The average molecular weight is 135 g/mol. The highest BCUT2D eigenvalue weighted by atomic mass is 32.2. The molecule has 0 saturated carbocycles. The number of hydrogen-bond donors (Lipinski definition) is 2. The minimum Gasteiger partial charge on any atom is -0.379 e. The maximum Gasteiger partial charge on any atom is 0.105 e. The van der Waals surface area contributed by atoms with Gasteiger partial charge in [0.2, 0.25) is 0 Å². The van der Waals surface area contributed by atoms with Gasteiger partial charge in [-0.05, 0) is 25.5 Å². The van der Waals surface area contributed by atoms with E-state index in [0.717, 1.165) is 12.2 Å². The summed E-state index contributed by atoms with van der Waals surface area (Å²) < 4.78 is 0. The molecule has 0 heterocycles. The molecule has 2 nitrogen and oxygen atoms in total. The molecule has 8 heavy (non-hydrogen) atoms. The van der Waals surface area contributed by atoms with Crippen molar-refractivity contribution < 1.29 is 5.11 Å².